The summed E-state index contributed by atoms with van der Waals surface area (Å²) in [6, 6.07) is 8.24. The van der Waals surface area contributed by atoms with Gasteiger partial charge in [-0.15, -0.1) is 0 Å². The third-order valence-electron chi connectivity index (χ3n) is 2.41. The molecular formula is C13H17N3O3S. The van der Waals surface area contributed by atoms with Crippen LogP contribution < -0.4 is 10.0 Å². The van der Waals surface area contributed by atoms with Crippen molar-refractivity contribution in [1.29, 1.82) is 5.26 Å². The third kappa shape index (κ3) is 5.38. The normalized spacial score (nSPS) is 11.7. The molecule has 0 fully saturated rings. The van der Waals surface area contributed by atoms with Gasteiger partial charge >= 0.3 is 0 Å². The molecule has 1 aromatic carbocycles. The Balaban J connectivity index is 2.70. The summed E-state index contributed by atoms with van der Waals surface area (Å²) < 4.78 is 24.8. The van der Waals surface area contributed by atoms with Gasteiger partial charge in [0.1, 0.15) is 0 Å². The molecule has 7 heteroatoms. The average molecular weight is 295 g/mol. The predicted molar refractivity (Wildman–Crippen MR) is 75.5 cm³/mol. The highest BCUT2D eigenvalue weighted by Crippen LogP contribution is 2.06. The molecule has 0 aliphatic heterocycles. The molecule has 1 aromatic rings. The van der Waals surface area contributed by atoms with E-state index in [2.05, 4.69) is 10.0 Å². The molecule has 108 valence electrons. The summed E-state index contributed by atoms with van der Waals surface area (Å²) in [5.41, 5.74) is -0.0406. The number of sulfonamides is 1. The van der Waals surface area contributed by atoms with Gasteiger partial charge in [0.25, 0.3) is 5.91 Å². The molecule has 0 aromatic heterocycles. The Morgan fingerprint density at radius 2 is 2.05 bits per heavy atom. The van der Waals surface area contributed by atoms with Crippen molar-refractivity contribution in [3.05, 3.63) is 35.4 Å². The van der Waals surface area contributed by atoms with Crippen LogP contribution >= 0.6 is 0 Å². The lowest BCUT2D eigenvalue weighted by atomic mass is 10.1. The Morgan fingerprint density at radius 3 is 2.60 bits per heavy atom. The summed E-state index contributed by atoms with van der Waals surface area (Å²) in [6.07, 6.45) is 1.06. The second kappa shape index (κ2) is 6.03. The van der Waals surface area contributed by atoms with E-state index in [-0.39, 0.29) is 12.5 Å². The van der Waals surface area contributed by atoms with E-state index < -0.39 is 15.6 Å². The number of carbonyl (C=O) groups is 1. The predicted octanol–water partition coefficient (Wildman–Crippen LogP) is 0.616. The second-order valence-electron chi connectivity index (χ2n) is 5.13. The first-order valence-electron chi connectivity index (χ1n) is 5.90. The number of hydrogen-bond acceptors (Lipinski definition) is 4. The van der Waals surface area contributed by atoms with Gasteiger partial charge in [0.15, 0.2) is 0 Å². The molecule has 1 rings (SSSR count). The van der Waals surface area contributed by atoms with E-state index >= 15 is 0 Å². The van der Waals surface area contributed by atoms with E-state index in [1.54, 1.807) is 32.0 Å². The van der Waals surface area contributed by atoms with Gasteiger partial charge < -0.3 is 5.32 Å². The molecule has 0 bridgehead atoms. The van der Waals surface area contributed by atoms with Crippen molar-refractivity contribution in [3.63, 3.8) is 0 Å². The zero-order valence-electron chi connectivity index (χ0n) is 11.6. The summed E-state index contributed by atoms with van der Waals surface area (Å²) in [4.78, 5) is 11.9. The van der Waals surface area contributed by atoms with Crippen LogP contribution in [-0.4, -0.2) is 32.7 Å². The molecule has 0 spiro atoms. The molecule has 0 aliphatic rings. The molecule has 0 saturated heterocycles. The summed E-state index contributed by atoms with van der Waals surface area (Å²) in [5, 5.41) is 11.4. The Hall–Kier alpha value is -1.91. The SMILES string of the molecule is CC(C)(CNC(=O)c1cccc(C#N)c1)NS(C)(=O)=O. The van der Waals surface area contributed by atoms with Gasteiger partial charge in [-0.25, -0.2) is 13.1 Å². The molecule has 0 unspecified atom stereocenters. The molecule has 2 N–H and O–H groups in total. The zero-order chi connectivity index (χ0) is 15.4. The van der Waals surface area contributed by atoms with Crippen molar-refractivity contribution in [2.45, 2.75) is 19.4 Å². The number of nitrogens with zero attached hydrogens (tertiary/aromatic N) is 1. The second-order valence-corrected chi connectivity index (χ2v) is 6.88. The maximum absolute atomic E-state index is 11.9. The van der Waals surface area contributed by atoms with E-state index in [0.717, 1.165) is 6.26 Å². The number of nitrogens with one attached hydrogen (secondary N) is 2. The molecule has 0 radical (unpaired) electrons. The number of carbonyl (C=O) groups excluding carboxylic acids is 1. The summed E-state index contributed by atoms with van der Waals surface area (Å²) in [7, 11) is -3.35. The lowest BCUT2D eigenvalue weighted by Gasteiger charge is -2.25. The Labute approximate surface area is 118 Å². The fourth-order valence-electron chi connectivity index (χ4n) is 1.67. The molecular weight excluding hydrogens is 278 g/mol. The largest absolute Gasteiger partial charge is 0.350 e. The molecule has 1 amide bonds. The average Bonchev–Trinajstić information content (AvgIpc) is 2.33. The molecule has 6 nitrogen and oxygen atoms in total. The monoisotopic (exact) mass is 295 g/mol. The highest BCUT2D eigenvalue weighted by Gasteiger charge is 2.23. The van der Waals surface area contributed by atoms with Crippen LogP contribution in [0.5, 0.6) is 0 Å². The highest BCUT2D eigenvalue weighted by molar-refractivity contribution is 7.88. The Morgan fingerprint density at radius 1 is 1.40 bits per heavy atom. The molecule has 20 heavy (non-hydrogen) atoms. The van der Waals surface area contributed by atoms with Crippen LogP contribution in [0.2, 0.25) is 0 Å². The summed E-state index contributed by atoms with van der Waals surface area (Å²) in [6.45, 7) is 3.47. The van der Waals surface area contributed by atoms with Crippen molar-refractivity contribution >= 4 is 15.9 Å². The number of rotatable bonds is 5. The number of benzene rings is 1. The van der Waals surface area contributed by atoms with Crippen molar-refractivity contribution in [2.75, 3.05) is 12.8 Å². The van der Waals surface area contributed by atoms with Crippen LogP contribution in [0.3, 0.4) is 0 Å². The van der Waals surface area contributed by atoms with E-state index in [4.69, 9.17) is 5.26 Å². The third-order valence-corrected chi connectivity index (χ3v) is 3.33. The van der Waals surface area contributed by atoms with E-state index in [1.807, 2.05) is 6.07 Å². The number of nitriles is 1. The van der Waals surface area contributed by atoms with E-state index in [0.29, 0.717) is 11.1 Å². The van der Waals surface area contributed by atoms with Crippen LogP contribution in [-0.2, 0) is 10.0 Å². The molecule has 0 atom stereocenters. The van der Waals surface area contributed by atoms with Crippen molar-refractivity contribution < 1.29 is 13.2 Å². The van der Waals surface area contributed by atoms with Gasteiger partial charge in [-0.05, 0) is 32.0 Å². The Kier molecular flexibility index (Phi) is 4.87. The van der Waals surface area contributed by atoms with E-state index in [1.165, 1.54) is 6.07 Å². The maximum Gasteiger partial charge on any atom is 0.251 e. The maximum atomic E-state index is 11.9. The lowest BCUT2D eigenvalue weighted by molar-refractivity contribution is 0.0944. The lowest BCUT2D eigenvalue weighted by Crippen LogP contribution is -2.51. The molecule has 0 aliphatic carbocycles. The van der Waals surface area contributed by atoms with Crippen molar-refractivity contribution in [2.24, 2.45) is 0 Å². The smallest absolute Gasteiger partial charge is 0.251 e. The van der Waals surface area contributed by atoms with Crippen LogP contribution in [0.15, 0.2) is 24.3 Å². The van der Waals surface area contributed by atoms with Gasteiger partial charge in [-0.3, -0.25) is 4.79 Å². The van der Waals surface area contributed by atoms with Crippen LogP contribution in [0.4, 0.5) is 0 Å². The minimum atomic E-state index is -3.35. The standard InChI is InChI=1S/C13H17N3O3S/c1-13(2,16-20(3,18)19)9-15-12(17)11-6-4-5-10(7-11)8-14/h4-7,16H,9H2,1-3H3,(H,15,17). The van der Waals surface area contributed by atoms with E-state index in [9.17, 15) is 13.2 Å². The summed E-state index contributed by atoms with van der Waals surface area (Å²) >= 11 is 0. The first-order chi connectivity index (χ1) is 9.13. The van der Waals surface area contributed by atoms with Crippen LogP contribution in [0.25, 0.3) is 0 Å². The van der Waals surface area contributed by atoms with Gasteiger partial charge in [0.05, 0.1) is 17.9 Å². The minimum Gasteiger partial charge on any atom is -0.350 e. The van der Waals surface area contributed by atoms with Crippen LogP contribution in [0.1, 0.15) is 29.8 Å². The number of hydrogen-bond donors (Lipinski definition) is 2. The van der Waals surface area contributed by atoms with Crippen molar-refractivity contribution in [1.82, 2.24) is 10.0 Å². The topological polar surface area (TPSA) is 99.1 Å². The fraction of sp³-hybridized carbons (Fsp3) is 0.385. The first-order valence-corrected chi connectivity index (χ1v) is 7.79. The van der Waals surface area contributed by atoms with Gasteiger partial charge in [0, 0.05) is 17.6 Å². The Bertz CT molecular complexity index is 645. The fourth-order valence-corrected chi connectivity index (χ4v) is 2.75. The molecule has 0 heterocycles. The van der Waals surface area contributed by atoms with Crippen LogP contribution in [0, 0.1) is 11.3 Å². The zero-order valence-corrected chi connectivity index (χ0v) is 12.4. The number of amides is 1. The van der Waals surface area contributed by atoms with Gasteiger partial charge in [-0.2, -0.15) is 5.26 Å². The van der Waals surface area contributed by atoms with Gasteiger partial charge in [0.2, 0.25) is 10.0 Å². The van der Waals surface area contributed by atoms with Crippen molar-refractivity contribution in [3.8, 4) is 6.07 Å². The summed E-state index contributed by atoms with van der Waals surface area (Å²) in [5.74, 6) is -0.356. The minimum absolute atomic E-state index is 0.135. The molecule has 0 saturated carbocycles. The first kappa shape index (κ1) is 16.1. The quantitative estimate of drug-likeness (QED) is 0.831. The highest BCUT2D eigenvalue weighted by atomic mass is 32.2. The van der Waals surface area contributed by atoms with Gasteiger partial charge in [-0.1, -0.05) is 6.07 Å².